The highest BCUT2D eigenvalue weighted by Gasteiger charge is 2.20. The van der Waals surface area contributed by atoms with Crippen LogP contribution in [0, 0.1) is 6.92 Å². The van der Waals surface area contributed by atoms with E-state index in [4.69, 9.17) is 0 Å². The Kier molecular flexibility index (Phi) is 5.25. The molecule has 0 spiro atoms. The Hall–Kier alpha value is -0.580. The number of nitrogens with one attached hydrogen (secondary N) is 1. The number of likely N-dealkylation sites (N-methyl/N-ethyl adjacent to an activating group) is 1. The van der Waals surface area contributed by atoms with Gasteiger partial charge in [-0.1, -0.05) is 22.0 Å². The Labute approximate surface area is 125 Å². The van der Waals surface area contributed by atoms with E-state index in [1.54, 1.807) is 0 Å². The first-order valence-electron chi connectivity index (χ1n) is 7.01. The SMILES string of the molecule is CNCC(C)N1CCN(c2ccc(C)c(Br)c2)CC1. The summed E-state index contributed by atoms with van der Waals surface area (Å²) in [6.45, 7) is 10.0. The smallest absolute Gasteiger partial charge is 0.0378 e. The van der Waals surface area contributed by atoms with Crippen LogP contribution in [0.1, 0.15) is 12.5 Å². The summed E-state index contributed by atoms with van der Waals surface area (Å²) in [5.74, 6) is 0. The normalized spacial score (nSPS) is 18.6. The maximum atomic E-state index is 3.62. The van der Waals surface area contributed by atoms with Crippen LogP contribution >= 0.6 is 15.9 Å². The zero-order chi connectivity index (χ0) is 13.8. The lowest BCUT2D eigenvalue weighted by molar-refractivity contribution is 0.195. The lowest BCUT2D eigenvalue weighted by Crippen LogP contribution is -2.51. The minimum Gasteiger partial charge on any atom is -0.369 e. The van der Waals surface area contributed by atoms with Crippen LogP contribution in [0.5, 0.6) is 0 Å². The van der Waals surface area contributed by atoms with Crippen LogP contribution in [0.4, 0.5) is 5.69 Å². The van der Waals surface area contributed by atoms with Gasteiger partial charge in [0.2, 0.25) is 0 Å². The molecule has 1 N–H and O–H groups in total. The number of nitrogens with zero attached hydrogens (tertiary/aromatic N) is 2. The molecule has 0 aromatic heterocycles. The molecule has 1 aromatic carbocycles. The number of benzene rings is 1. The fraction of sp³-hybridized carbons (Fsp3) is 0.600. The van der Waals surface area contributed by atoms with E-state index in [2.05, 4.69) is 63.1 Å². The Morgan fingerprint density at radius 1 is 1.26 bits per heavy atom. The van der Waals surface area contributed by atoms with Crippen molar-refractivity contribution in [1.82, 2.24) is 10.2 Å². The fourth-order valence-electron chi connectivity index (χ4n) is 2.62. The molecule has 106 valence electrons. The van der Waals surface area contributed by atoms with Crippen molar-refractivity contribution in [3.05, 3.63) is 28.2 Å². The molecule has 1 unspecified atom stereocenters. The predicted octanol–water partition coefficient (Wildman–Crippen LogP) is 2.49. The van der Waals surface area contributed by atoms with Crippen molar-refractivity contribution in [3.8, 4) is 0 Å². The van der Waals surface area contributed by atoms with E-state index in [1.165, 1.54) is 15.7 Å². The third-order valence-corrected chi connectivity index (χ3v) is 4.81. The minimum absolute atomic E-state index is 0.622. The number of hydrogen-bond donors (Lipinski definition) is 1. The van der Waals surface area contributed by atoms with Crippen LogP contribution in [0.25, 0.3) is 0 Å². The van der Waals surface area contributed by atoms with Crippen LogP contribution in [-0.2, 0) is 0 Å². The molecular weight excluding hydrogens is 302 g/mol. The van der Waals surface area contributed by atoms with Crippen molar-refractivity contribution in [2.24, 2.45) is 0 Å². The summed E-state index contributed by atoms with van der Waals surface area (Å²) in [4.78, 5) is 5.04. The van der Waals surface area contributed by atoms with Gasteiger partial charge < -0.3 is 10.2 Å². The molecule has 0 saturated carbocycles. The highest BCUT2D eigenvalue weighted by molar-refractivity contribution is 9.10. The van der Waals surface area contributed by atoms with E-state index in [0.29, 0.717) is 6.04 Å². The Morgan fingerprint density at radius 3 is 2.53 bits per heavy atom. The van der Waals surface area contributed by atoms with Gasteiger partial charge >= 0.3 is 0 Å². The Morgan fingerprint density at radius 2 is 1.95 bits per heavy atom. The van der Waals surface area contributed by atoms with Crippen LogP contribution in [0.15, 0.2) is 22.7 Å². The first-order valence-corrected chi connectivity index (χ1v) is 7.81. The number of rotatable bonds is 4. The van der Waals surface area contributed by atoms with Crippen molar-refractivity contribution >= 4 is 21.6 Å². The van der Waals surface area contributed by atoms with Gasteiger partial charge in [0.05, 0.1) is 0 Å². The topological polar surface area (TPSA) is 18.5 Å². The van der Waals surface area contributed by atoms with Crippen molar-refractivity contribution in [2.45, 2.75) is 19.9 Å². The van der Waals surface area contributed by atoms with E-state index in [9.17, 15) is 0 Å². The van der Waals surface area contributed by atoms with Gasteiger partial charge in [-0.2, -0.15) is 0 Å². The van der Waals surface area contributed by atoms with Crippen molar-refractivity contribution in [2.75, 3.05) is 44.7 Å². The van der Waals surface area contributed by atoms with Crippen LogP contribution in [0.3, 0.4) is 0 Å². The molecule has 2 rings (SSSR count). The van der Waals surface area contributed by atoms with E-state index < -0.39 is 0 Å². The van der Waals surface area contributed by atoms with E-state index in [-0.39, 0.29) is 0 Å². The molecule has 1 aliphatic heterocycles. The maximum Gasteiger partial charge on any atom is 0.0378 e. The molecule has 0 aliphatic carbocycles. The van der Waals surface area contributed by atoms with E-state index >= 15 is 0 Å². The lowest BCUT2D eigenvalue weighted by Gasteiger charge is -2.39. The third-order valence-electron chi connectivity index (χ3n) is 3.96. The summed E-state index contributed by atoms with van der Waals surface area (Å²) in [5, 5.41) is 3.26. The molecule has 0 bridgehead atoms. The quantitative estimate of drug-likeness (QED) is 0.917. The molecular formula is C15H24BrN3. The standard InChI is InChI=1S/C15H24BrN3/c1-12-4-5-14(10-15(12)16)19-8-6-18(7-9-19)13(2)11-17-3/h4-5,10,13,17H,6-9,11H2,1-3H3. The summed E-state index contributed by atoms with van der Waals surface area (Å²) in [6, 6.07) is 7.28. The molecule has 1 heterocycles. The summed E-state index contributed by atoms with van der Waals surface area (Å²) in [5.41, 5.74) is 2.63. The van der Waals surface area contributed by atoms with Crippen molar-refractivity contribution in [1.29, 1.82) is 0 Å². The first kappa shape index (κ1) is 14.8. The molecule has 1 fully saturated rings. The predicted molar refractivity (Wildman–Crippen MR) is 86.1 cm³/mol. The van der Waals surface area contributed by atoms with E-state index in [0.717, 1.165) is 32.7 Å². The third kappa shape index (κ3) is 3.71. The van der Waals surface area contributed by atoms with Gasteiger partial charge in [-0.05, 0) is 38.6 Å². The summed E-state index contributed by atoms with van der Waals surface area (Å²) in [6.07, 6.45) is 0. The molecule has 19 heavy (non-hydrogen) atoms. The minimum atomic E-state index is 0.622. The average molecular weight is 326 g/mol. The number of aryl methyl sites for hydroxylation is 1. The second-order valence-electron chi connectivity index (χ2n) is 5.36. The molecule has 3 nitrogen and oxygen atoms in total. The lowest BCUT2D eigenvalue weighted by atomic mass is 10.2. The van der Waals surface area contributed by atoms with Crippen LogP contribution in [-0.4, -0.2) is 50.7 Å². The van der Waals surface area contributed by atoms with Crippen molar-refractivity contribution < 1.29 is 0 Å². The highest BCUT2D eigenvalue weighted by atomic mass is 79.9. The number of anilines is 1. The molecule has 1 aliphatic rings. The average Bonchev–Trinajstić information content (AvgIpc) is 2.42. The van der Waals surface area contributed by atoms with Gasteiger partial charge in [0.1, 0.15) is 0 Å². The Bertz CT molecular complexity index is 414. The Balaban J connectivity index is 1.94. The monoisotopic (exact) mass is 325 g/mol. The fourth-order valence-corrected chi connectivity index (χ4v) is 2.99. The number of halogens is 1. The van der Waals surface area contributed by atoms with Gasteiger partial charge in [-0.25, -0.2) is 0 Å². The highest BCUT2D eigenvalue weighted by Crippen LogP contribution is 2.24. The van der Waals surface area contributed by atoms with Gasteiger partial charge in [0, 0.05) is 48.9 Å². The summed E-state index contributed by atoms with van der Waals surface area (Å²) < 4.78 is 1.20. The summed E-state index contributed by atoms with van der Waals surface area (Å²) in [7, 11) is 2.02. The van der Waals surface area contributed by atoms with Gasteiger partial charge in [-0.3, -0.25) is 4.90 Å². The van der Waals surface area contributed by atoms with Crippen LogP contribution < -0.4 is 10.2 Å². The molecule has 4 heteroatoms. The molecule has 0 amide bonds. The van der Waals surface area contributed by atoms with Crippen molar-refractivity contribution in [3.63, 3.8) is 0 Å². The zero-order valence-corrected chi connectivity index (χ0v) is 13.7. The molecule has 0 radical (unpaired) electrons. The molecule has 1 atom stereocenters. The zero-order valence-electron chi connectivity index (χ0n) is 12.1. The number of piperazine rings is 1. The van der Waals surface area contributed by atoms with Gasteiger partial charge in [0.25, 0.3) is 0 Å². The number of hydrogen-bond acceptors (Lipinski definition) is 3. The van der Waals surface area contributed by atoms with Gasteiger partial charge in [-0.15, -0.1) is 0 Å². The molecule has 1 aromatic rings. The van der Waals surface area contributed by atoms with Crippen LogP contribution in [0.2, 0.25) is 0 Å². The van der Waals surface area contributed by atoms with E-state index in [1.807, 2.05) is 7.05 Å². The second-order valence-corrected chi connectivity index (χ2v) is 6.22. The largest absolute Gasteiger partial charge is 0.369 e. The maximum absolute atomic E-state index is 3.62. The van der Waals surface area contributed by atoms with Gasteiger partial charge in [0.15, 0.2) is 0 Å². The second kappa shape index (κ2) is 6.73. The molecule has 1 saturated heterocycles. The summed E-state index contributed by atoms with van der Waals surface area (Å²) >= 11 is 3.62. The first-order chi connectivity index (χ1) is 9.11.